The fraction of sp³-hybridized carbons (Fsp3) is 0.474. The Kier molecular flexibility index (Phi) is 4.23. The lowest BCUT2D eigenvalue weighted by Crippen LogP contribution is -2.38. The molecule has 0 spiro atoms. The standard InChI is InChI=1S/C19H21NO3/c1-13-8-19(9-17(13)18(21)7-15(19)10-20)12-23-11-14-3-5-16(22-2)6-4-14/h3-6,15,17H,1,7-9,11-12H2,2H3. The quantitative estimate of drug-likeness (QED) is 0.783. The number of methoxy groups -OCH3 is 1. The zero-order valence-electron chi connectivity index (χ0n) is 13.4. The molecular weight excluding hydrogens is 290 g/mol. The van der Waals surface area contributed by atoms with Crippen molar-refractivity contribution < 1.29 is 14.3 Å². The minimum Gasteiger partial charge on any atom is -0.497 e. The number of benzene rings is 1. The molecule has 0 radical (unpaired) electrons. The number of ketones is 1. The van der Waals surface area contributed by atoms with Gasteiger partial charge >= 0.3 is 0 Å². The molecule has 0 amide bonds. The summed E-state index contributed by atoms with van der Waals surface area (Å²) >= 11 is 0. The van der Waals surface area contributed by atoms with Crippen molar-refractivity contribution >= 4 is 5.78 Å². The van der Waals surface area contributed by atoms with Gasteiger partial charge in [0.05, 0.1) is 32.3 Å². The van der Waals surface area contributed by atoms with E-state index in [1.54, 1.807) is 7.11 Å². The molecule has 2 bridgehead atoms. The molecular formula is C19H21NO3. The number of hydrogen-bond acceptors (Lipinski definition) is 4. The summed E-state index contributed by atoms with van der Waals surface area (Å²) in [4.78, 5) is 12.1. The van der Waals surface area contributed by atoms with Crippen molar-refractivity contribution in [3.8, 4) is 11.8 Å². The third-order valence-electron chi connectivity index (χ3n) is 5.19. The number of carbonyl (C=O) groups is 1. The lowest BCUT2D eigenvalue weighted by Gasteiger charge is -2.36. The molecule has 4 nitrogen and oxygen atoms in total. The summed E-state index contributed by atoms with van der Waals surface area (Å²) in [5.74, 6) is 0.660. The van der Waals surface area contributed by atoms with Crippen molar-refractivity contribution in [3.05, 3.63) is 42.0 Å². The van der Waals surface area contributed by atoms with Crippen LogP contribution in [0, 0.1) is 28.6 Å². The van der Waals surface area contributed by atoms with Gasteiger partial charge in [0.2, 0.25) is 0 Å². The normalized spacial score (nSPS) is 29.4. The Morgan fingerprint density at radius 1 is 1.39 bits per heavy atom. The first-order valence-electron chi connectivity index (χ1n) is 7.88. The fourth-order valence-corrected chi connectivity index (χ4v) is 3.85. The van der Waals surface area contributed by atoms with E-state index in [0.717, 1.165) is 23.3 Å². The van der Waals surface area contributed by atoms with Crippen molar-refractivity contribution in [1.82, 2.24) is 0 Å². The second kappa shape index (κ2) is 6.17. The van der Waals surface area contributed by atoms with Crippen molar-refractivity contribution in [2.75, 3.05) is 13.7 Å². The van der Waals surface area contributed by atoms with Crippen molar-refractivity contribution in [2.24, 2.45) is 17.3 Å². The molecule has 23 heavy (non-hydrogen) atoms. The van der Waals surface area contributed by atoms with Gasteiger partial charge in [0.1, 0.15) is 11.5 Å². The van der Waals surface area contributed by atoms with Crippen LogP contribution in [0.4, 0.5) is 0 Å². The maximum Gasteiger partial charge on any atom is 0.141 e. The first kappa shape index (κ1) is 15.8. The molecule has 1 aromatic carbocycles. The molecule has 0 heterocycles. The van der Waals surface area contributed by atoms with E-state index in [1.165, 1.54) is 0 Å². The van der Waals surface area contributed by atoms with Gasteiger partial charge in [-0.15, -0.1) is 0 Å². The van der Waals surface area contributed by atoms with Crippen LogP contribution >= 0.6 is 0 Å². The minimum atomic E-state index is -0.263. The molecule has 0 aliphatic heterocycles. The predicted octanol–water partition coefficient (Wildman–Crippen LogP) is 3.28. The average molecular weight is 311 g/mol. The largest absolute Gasteiger partial charge is 0.497 e. The van der Waals surface area contributed by atoms with E-state index >= 15 is 0 Å². The Morgan fingerprint density at radius 2 is 2.13 bits per heavy atom. The van der Waals surface area contributed by atoms with Crippen LogP contribution in [0.3, 0.4) is 0 Å². The number of ether oxygens (including phenoxy) is 2. The van der Waals surface area contributed by atoms with E-state index < -0.39 is 0 Å². The summed E-state index contributed by atoms with van der Waals surface area (Å²) in [5.41, 5.74) is 1.80. The summed E-state index contributed by atoms with van der Waals surface area (Å²) < 4.78 is 11.1. The molecule has 3 atom stereocenters. The SMILES string of the molecule is C=C1CC2(COCc3ccc(OC)cc3)CC1C(=O)CC2C#N. The van der Waals surface area contributed by atoms with Crippen LogP contribution in [0.2, 0.25) is 0 Å². The van der Waals surface area contributed by atoms with Gasteiger partial charge in [-0.2, -0.15) is 5.26 Å². The Balaban J connectivity index is 1.65. The van der Waals surface area contributed by atoms with Gasteiger partial charge < -0.3 is 9.47 Å². The zero-order chi connectivity index (χ0) is 16.4. The van der Waals surface area contributed by atoms with Crippen LogP contribution in [0.25, 0.3) is 0 Å². The number of nitriles is 1. The molecule has 1 aromatic rings. The van der Waals surface area contributed by atoms with Crippen LogP contribution in [-0.2, 0) is 16.1 Å². The highest BCUT2D eigenvalue weighted by Gasteiger charge is 2.54. The second-order valence-electron chi connectivity index (χ2n) is 6.65. The minimum absolute atomic E-state index is 0.0656. The van der Waals surface area contributed by atoms with Crippen LogP contribution < -0.4 is 4.74 Å². The van der Waals surface area contributed by atoms with Gasteiger partial charge in [0, 0.05) is 17.8 Å². The number of rotatable bonds is 5. The third kappa shape index (κ3) is 2.89. The van der Waals surface area contributed by atoms with Crippen molar-refractivity contribution in [3.63, 3.8) is 0 Å². The van der Waals surface area contributed by atoms with E-state index in [0.29, 0.717) is 26.1 Å². The monoisotopic (exact) mass is 311 g/mol. The maximum absolute atomic E-state index is 12.1. The van der Waals surface area contributed by atoms with Crippen LogP contribution in [0.15, 0.2) is 36.4 Å². The van der Waals surface area contributed by atoms with Crippen LogP contribution in [-0.4, -0.2) is 19.5 Å². The molecule has 2 aliphatic carbocycles. The fourth-order valence-electron chi connectivity index (χ4n) is 3.85. The topological polar surface area (TPSA) is 59.3 Å². The predicted molar refractivity (Wildman–Crippen MR) is 85.7 cm³/mol. The highest BCUT2D eigenvalue weighted by Crippen LogP contribution is 2.55. The van der Waals surface area contributed by atoms with Gasteiger partial charge in [0.25, 0.3) is 0 Å². The average Bonchev–Trinajstić information content (AvgIpc) is 2.86. The zero-order valence-corrected chi connectivity index (χ0v) is 13.4. The lowest BCUT2D eigenvalue weighted by atomic mass is 9.68. The summed E-state index contributed by atoms with van der Waals surface area (Å²) in [6, 6.07) is 10.1. The molecule has 3 unspecified atom stereocenters. The van der Waals surface area contributed by atoms with E-state index in [2.05, 4.69) is 12.6 Å². The Bertz CT molecular complexity index is 658. The lowest BCUT2D eigenvalue weighted by molar-refractivity contribution is -0.127. The van der Waals surface area contributed by atoms with E-state index in [1.807, 2.05) is 24.3 Å². The van der Waals surface area contributed by atoms with Gasteiger partial charge in [0.15, 0.2) is 0 Å². The molecule has 2 aliphatic rings. The second-order valence-corrected chi connectivity index (χ2v) is 6.65. The van der Waals surface area contributed by atoms with Crippen molar-refractivity contribution in [2.45, 2.75) is 25.9 Å². The number of hydrogen-bond donors (Lipinski definition) is 0. The van der Waals surface area contributed by atoms with E-state index in [9.17, 15) is 10.1 Å². The Labute approximate surface area is 136 Å². The van der Waals surface area contributed by atoms with E-state index in [-0.39, 0.29) is 23.0 Å². The highest BCUT2D eigenvalue weighted by molar-refractivity contribution is 5.86. The number of allylic oxidation sites excluding steroid dienone is 1. The van der Waals surface area contributed by atoms with Crippen molar-refractivity contribution in [1.29, 1.82) is 5.26 Å². The van der Waals surface area contributed by atoms with Gasteiger partial charge in [-0.3, -0.25) is 4.79 Å². The maximum atomic E-state index is 12.1. The molecule has 2 fully saturated rings. The molecule has 120 valence electrons. The molecule has 0 aromatic heterocycles. The smallest absolute Gasteiger partial charge is 0.141 e. The van der Waals surface area contributed by atoms with Gasteiger partial charge in [-0.1, -0.05) is 24.3 Å². The van der Waals surface area contributed by atoms with E-state index in [4.69, 9.17) is 9.47 Å². The van der Waals surface area contributed by atoms with Gasteiger partial charge in [-0.05, 0) is 30.5 Å². The van der Waals surface area contributed by atoms with Gasteiger partial charge in [-0.25, -0.2) is 0 Å². The number of nitrogens with zero attached hydrogens (tertiary/aromatic N) is 1. The Hall–Kier alpha value is -2.12. The summed E-state index contributed by atoms with van der Waals surface area (Å²) in [5, 5.41) is 9.45. The molecule has 0 N–H and O–H groups in total. The number of Topliss-reactive ketones (excluding diaryl/α,β-unsaturated/α-hetero) is 1. The Morgan fingerprint density at radius 3 is 2.78 bits per heavy atom. The van der Waals surface area contributed by atoms with Crippen LogP contribution in [0.5, 0.6) is 5.75 Å². The summed E-state index contributed by atoms with van der Waals surface area (Å²) in [6.45, 7) is 5.04. The third-order valence-corrected chi connectivity index (χ3v) is 5.19. The molecule has 0 saturated heterocycles. The first-order valence-corrected chi connectivity index (χ1v) is 7.88. The molecule has 3 rings (SSSR count). The summed E-state index contributed by atoms with van der Waals surface area (Å²) in [6.07, 6.45) is 1.78. The highest BCUT2D eigenvalue weighted by atomic mass is 16.5. The first-order chi connectivity index (χ1) is 11.1. The molecule has 2 saturated carbocycles. The number of carbonyl (C=O) groups excluding carboxylic acids is 1. The van der Waals surface area contributed by atoms with Crippen LogP contribution in [0.1, 0.15) is 24.8 Å². The summed E-state index contributed by atoms with van der Waals surface area (Å²) in [7, 11) is 1.64. The number of fused-ring (bicyclic) bond motifs is 2. The molecule has 4 heteroatoms.